The Morgan fingerprint density at radius 3 is 2.42 bits per heavy atom. The third kappa shape index (κ3) is 1.78. The van der Waals surface area contributed by atoms with Crippen LogP contribution < -0.4 is 0 Å². The molecule has 5 heterocycles. The van der Waals surface area contributed by atoms with Crippen LogP contribution in [0.2, 0.25) is 0 Å². The fourth-order valence-electron chi connectivity index (χ4n) is 5.04. The highest BCUT2D eigenvalue weighted by molar-refractivity contribution is 6.29. The standard InChI is InChI=1S/C26H13N3O2/c1-2-6-18-14(4-1)15-7-9-20-22(25(15)31-18)21-19(30-20)10-8-16-23-17(5-3-11-27-23)26-28-12-13-29(26)24(16)21/h1-13H. The Hall–Kier alpha value is -4.38. The molecule has 0 unspecified atom stereocenters. The van der Waals surface area contributed by atoms with Gasteiger partial charge in [0, 0.05) is 40.1 Å². The molecule has 0 fully saturated rings. The molecule has 0 saturated carbocycles. The summed E-state index contributed by atoms with van der Waals surface area (Å²) in [7, 11) is 0. The number of benzene rings is 3. The SMILES string of the molecule is c1ccc2c(c1)oc1c2ccc2oc3ccc4c5ncccc5c5nccn5c4c3c21. The number of hydrogen-bond donors (Lipinski definition) is 0. The highest BCUT2D eigenvalue weighted by Crippen LogP contribution is 2.42. The van der Waals surface area contributed by atoms with E-state index in [0.717, 1.165) is 71.3 Å². The third-order valence-corrected chi connectivity index (χ3v) is 6.30. The molecule has 3 aromatic carbocycles. The van der Waals surface area contributed by atoms with E-state index >= 15 is 0 Å². The van der Waals surface area contributed by atoms with E-state index in [1.54, 1.807) is 0 Å². The molecular weight excluding hydrogens is 386 g/mol. The second kappa shape index (κ2) is 5.21. The van der Waals surface area contributed by atoms with E-state index in [-0.39, 0.29) is 0 Å². The zero-order chi connectivity index (χ0) is 20.1. The van der Waals surface area contributed by atoms with Gasteiger partial charge in [-0.05, 0) is 42.5 Å². The van der Waals surface area contributed by atoms with E-state index in [1.807, 2.05) is 55.0 Å². The van der Waals surface area contributed by atoms with Gasteiger partial charge < -0.3 is 8.83 Å². The van der Waals surface area contributed by atoms with Crippen LogP contribution in [0.15, 0.2) is 88.1 Å². The van der Waals surface area contributed by atoms with Crippen molar-refractivity contribution in [1.29, 1.82) is 0 Å². The average Bonchev–Trinajstić information content (AvgIpc) is 3.53. The van der Waals surface area contributed by atoms with E-state index in [0.29, 0.717) is 0 Å². The molecular formula is C26H13N3O2. The number of rotatable bonds is 0. The molecule has 144 valence electrons. The van der Waals surface area contributed by atoms with Crippen LogP contribution in [0.5, 0.6) is 0 Å². The fraction of sp³-hybridized carbons (Fsp3) is 0. The maximum atomic E-state index is 6.36. The second-order valence-electron chi connectivity index (χ2n) is 7.87. The average molecular weight is 399 g/mol. The van der Waals surface area contributed by atoms with Gasteiger partial charge >= 0.3 is 0 Å². The Morgan fingerprint density at radius 1 is 0.613 bits per heavy atom. The van der Waals surface area contributed by atoms with Gasteiger partial charge in [-0.15, -0.1) is 0 Å². The minimum absolute atomic E-state index is 0.809. The van der Waals surface area contributed by atoms with Crippen molar-refractivity contribution < 1.29 is 8.83 Å². The Labute approximate surface area is 174 Å². The Kier molecular flexibility index (Phi) is 2.60. The van der Waals surface area contributed by atoms with Crippen LogP contribution in [0, 0.1) is 0 Å². The van der Waals surface area contributed by atoms with Crippen molar-refractivity contribution >= 4 is 71.3 Å². The first-order valence-corrected chi connectivity index (χ1v) is 10.2. The Bertz CT molecular complexity index is 2010. The number of fused-ring (bicyclic) bond motifs is 14. The summed E-state index contributed by atoms with van der Waals surface area (Å²) in [5, 5.41) is 6.29. The molecule has 0 amide bonds. The molecule has 0 atom stereocenters. The first kappa shape index (κ1) is 15.5. The smallest absolute Gasteiger partial charge is 0.147 e. The van der Waals surface area contributed by atoms with Crippen molar-refractivity contribution in [2.24, 2.45) is 0 Å². The van der Waals surface area contributed by atoms with Gasteiger partial charge in [0.15, 0.2) is 0 Å². The first-order valence-electron chi connectivity index (χ1n) is 10.2. The van der Waals surface area contributed by atoms with E-state index in [4.69, 9.17) is 13.8 Å². The fourth-order valence-corrected chi connectivity index (χ4v) is 5.04. The number of hydrogen-bond acceptors (Lipinski definition) is 4. The van der Waals surface area contributed by atoms with Crippen LogP contribution in [0.4, 0.5) is 0 Å². The van der Waals surface area contributed by atoms with E-state index in [9.17, 15) is 0 Å². The summed E-state index contributed by atoms with van der Waals surface area (Å²) in [6, 6.07) is 20.4. The zero-order valence-electron chi connectivity index (χ0n) is 16.2. The van der Waals surface area contributed by atoms with Crippen molar-refractivity contribution in [2.45, 2.75) is 0 Å². The molecule has 0 radical (unpaired) electrons. The predicted octanol–water partition coefficient (Wildman–Crippen LogP) is 6.83. The van der Waals surface area contributed by atoms with Gasteiger partial charge in [0.25, 0.3) is 0 Å². The highest BCUT2D eigenvalue weighted by atomic mass is 16.3. The minimum Gasteiger partial charge on any atom is -0.456 e. The van der Waals surface area contributed by atoms with Crippen molar-refractivity contribution in [3.8, 4) is 0 Å². The molecule has 8 aromatic rings. The molecule has 0 aliphatic rings. The van der Waals surface area contributed by atoms with Crippen molar-refractivity contribution in [2.75, 3.05) is 0 Å². The maximum Gasteiger partial charge on any atom is 0.147 e. The number of pyridine rings is 2. The van der Waals surface area contributed by atoms with Crippen LogP contribution in [-0.2, 0) is 0 Å². The molecule has 0 bridgehead atoms. The summed E-state index contributed by atoms with van der Waals surface area (Å²) in [4.78, 5) is 9.33. The monoisotopic (exact) mass is 399 g/mol. The van der Waals surface area contributed by atoms with Gasteiger partial charge in [0.05, 0.1) is 21.8 Å². The molecule has 5 heteroatoms. The van der Waals surface area contributed by atoms with Crippen LogP contribution in [-0.4, -0.2) is 14.4 Å². The number of para-hydroxylation sites is 1. The Balaban J connectivity index is 1.74. The van der Waals surface area contributed by atoms with Crippen LogP contribution in [0.25, 0.3) is 71.3 Å². The summed E-state index contributed by atoms with van der Waals surface area (Å²) < 4.78 is 14.8. The van der Waals surface area contributed by atoms with E-state index in [2.05, 4.69) is 33.7 Å². The summed E-state index contributed by atoms with van der Waals surface area (Å²) in [6.07, 6.45) is 5.66. The maximum absolute atomic E-state index is 6.36. The van der Waals surface area contributed by atoms with Crippen molar-refractivity contribution in [3.63, 3.8) is 0 Å². The normalized spacial score (nSPS) is 12.5. The van der Waals surface area contributed by atoms with E-state index < -0.39 is 0 Å². The van der Waals surface area contributed by atoms with Crippen LogP contribution in [0.3, 0.4) is 0 Å². The van der Waals surface area contributed by atoms with Crippen LogP contribution >= 0.6 is 0 Å². The van der Waals surface area contributed by atoms with Gasteiger partial charge in [-0.25, -0.2) is 4.98 Å². The number of imidazole rings is 1. The highest BCUT2D eigenvalue weighted by Gasteiger charge is 2.20. The molecule has 0 saturated heterocycles. The number of nitrogens with zero attached hydrogens (tertiary/aromatic N) is 3. The Morgan fingerprint density at radius 2 is 1.45 bits per heavy atom. The summed E-state index contributed by atoms with van der Waals surface area (Å²) in [5.74, 6) is 0. The van der Waals surface area contributed by atoms with Gasteiger partial charge in [0.2, 0.25) is 0 Å². The van der Waals surface area contributed by atoms with Gasteiger partial charge in [-0.1, -0.05) is 18.2 Å². The topological polar surface area (TPSA) is 56.5 Å². The second-order valence-corrected chi connectivity index (χ2v) is 7.87. The number of aromatic nitrogens is 3. The zero-order valence-corrected chi connectivity index (χ0v) is 16.2. The molecule has 31 heavy (non-hydrogen) atoms. The molecule has 0 spiro atoms. The molecule has 5 aromatic heterocycles. The summed E-state index contributed by atoms with van der Waals surface area (Å²) in [6.45, 7) is 0. The quantitative estimate of drug-likeness (QED) is 0.262. The molecule has 0 aliphatic heterocycles. The van der Waals surface area contributed by atoms with E-state index in [1.165, 1.54) is 0 Å². The van der Waals surface area contributed by atoms with Crippen molar-refractivity contribution in [3.05, 3.63) is 79.3 Å². The van der Waals surface area contributed by atoms with Gasteiger partial charge in [0.1, 0.15) is 28.0 Å². The molecule has 0 N–H and O–H groups in total. The lowest BCUT2D eigenvalue weighted by molar-refractivity contribution is 0.663. The molecule has 8 rings (SSSR count). The van der Waals surface area contributed by atoms with Crippen molar-refractivity contribution in [1.82, 2.24) is 14.4 Å². The lowest BCUT2D eigenvalue weighted by Gasteiger charge is -2.08. The van der Waals surface area contributed by atoms with Gasteiger partial charge in [-0.2, -0.15) is 0 Å². The number of furan rings is 2. The minimum atomic E-state index is 0.809. The molecule has 5 nitrogen and oxygen atoms in total. The molecule has 0 aliphatic carbocycles. The lowest BCUT2D eigenvalue weighted by Crippen LogP contribution is -1.92. The third-order valence-electron chi connectivity index (χ3n) is 6.30. The predicted molar refractivity (Wildman–Crippen MR) is 123 cm³/mol. The lowest BCUT2D eigenvalue weighted by atomic mass is 10.0. The van der Waals surface area contributed by atoms with Crippen LogP contribution in [0.1, 0.15) is 0 Å². The first-order chi connectivity index (χ1) is 15.4. The van der Waals surface area contributed by atoms with Gasteiger partial charge in [-0.3, -0.25) is 9.38 Å². The largest absolute Gasteiger partial charge is 0.456 e. The summed E-state index contributed by atoms with van der Waals surface area (Å²) >= 11 is 0. The summed E-state index contributed by atoms with van der Waals surface area (Å²) in [5.41, 5.74) is 6.20.